The lowest BCUT2D eigenvalue weighted by Gasteiger charge is -2.30. The molecule has 98 valence electrons. The second-order valence-electron chi connectivity index (χ2n) is 5.76. The number of fused-ring (bicyclic) bond motifs is 1. The molecule has 1 saturated heterocycles. The van der Waals surface area contributed by atoms with Crippen LogP contribution in [-0.2, 0) is 12.8 Å². The van der Waals surface area contributed by atoms with Crippen molar-refractivity contribution in [3.05, 3.63) is 21.4 Å². The lowest BCUT2D eigenvalue weighted by atomic mass is 9.98. The maximum atomic E-state index is 12.5. The van der Waals surface area contributed by atoms with E-state index in [4.69, 9.17) is 0 Å². The fourth-order valence-electron chi connectivity index (χ4n) is 3.13. The first-order valence-corrected chi connectivity index (χ1v) is 7.96. The molecule has 3 heteroatoms. The van der Waals surface area contributed by atoms with Crippen molar-refractivity contribution in [1.82, 2.24) is 4.90 Å². The third-order valence-corrected chi connectivity index (χ3v) is 5.38. The lowest BCUT2D eigenvalue weighted by molar-refractivity contribution is 0.0688. The number of carbonyl (C=O) groups is 1. The lowest BCUT2D eigenvalue weighted by Crippen LogP contribution is -2.38. The summed E-state index contributed by atoms with van der Waals surface area (Å²) in [5, 5.41) is 0. The topological polar surface area (TPSA) is 20.3 Å². The summed E-state index contributed by atoms with van der Waals surface area (Å²) >= 11 is 1.75. The number of carbonyl (C=O) groups excluding carboxylic acids is 1. The minimum absolute atomic E-state index is 0.279. The molecule has 2 heterocycles. The highest BCUT2D eigenvalue weighted by Gasteiger charge is 2.24. The number of aryl methyl sites for hydroxylation is 2. The molecule has 1 fully saturated rings. The summed E-state index contributed by atoms with van der Waals surface area (Å²) in [4.78, 5) is 17.0. The van der Waals surface area contributed by atoms with Crippen LogP contribution in [0.15, 0.2) is 6.07 Å². The summed E-state index contributed by atoms with van der Waals surface area (Å²) in [7, 11) is 0. The number of amides is 1. The second kappa shape index (κ2) is 5.04. The van der Waals surface area contributed by atoms with Crippen LogP contribution in [0, 0.1) is 5.92 Å². The molecule has 1 aromatic heterocycles. The van der Waals surface area contributed by atoms with Gasteiger partial charge in [0.1, 0.15) is 0 Å². The standard InChI is InChI=1S/C15H21NOS/c1-11-5-4-8-16(10-11)15(17)14-9-12-6-2-3-7-13(12)18-14/h9,11H,2-8,10H2,1H3. The molecule has 18 heavy (non-hydrogen) atoms. The Kier molecular flexibility index (Phi) is 3.42. The van der Waals surface area contributed by atoms with Gasteiger partial charge in [0.2, 0.25) is 0 Å². The average Bonchev–Trinajstić information content (AvgIpc) is 2.81. The predicted molar refractivity (Wildman–Crippen MR) is 75.3 cm³/mol. The number of rotatable bonds is 1. The molecule has 2 aliphatic rings. The van der Waals surface area contributed by atoms with Gasteiger partial charge in [0.15, 0.2) is 0 Å². The molecule has 1 aliphatic heterocycles. The Morgan fingerprint density at radius 3 is 2.94 bits per heavy atom. The van der Waals surface area contributed by atoms with Crippen LogP contribution in [0.4, 0.5) is 0 Å². The Balaban J connectivity index is 1.77. The number of nitrogens with zero attached hydrogens (tertiary/aromatic N) is 1. The quantitative estimate of drug-likeness (QED) is 0.759. The van der Waals surface area contributed by atoms with Gasteiger partial charge in [-0.25, -0.2) is 0 Å². The molecular weight excluding hydrogens is 242 g/mol. The summed E-state index contributed by atoms with van der Waals surface area (Å²) in [6.07, 6.45) is 7.38. The van der Waals surface area contributed by atoms with Crippen LogP contribution in [0.3, 0.4) is 0 Å². The first-order valence-electron chi connectivity index (χ1n) is 7.15. The number of likely N-dealkylation sites (tertiary alicyclic amines) is 1. The molecule has 1 aromatic rings. The van der Waals surface area contributed by atoms with E-state index >= 15 is 0 Å². The second-order valence-corrected chi connectivity index (χ2v) is 6.90. The third-order valence-electron chi connectivity index (χ3n) is 4.15. The van der Waals surface area contributed by atoms with E-state index in [0.717, 1.165) is 24.4 Å². The van der Waals surface area contributed by atoms with Gasteiger partial charge in [0.05, 0.1) is 4.88 Å². The SMILES string of the molecule is CC1CCCN(C(=O)c2cc3c(s2)CCCC3)C1. The zero-order valence-corrected chi connectivity index (χ0v) is 11.9. The zero-order chi connectivity index (χ0) is 12.5. The molecule has 0 bridgehead atoms. The monoisotopic (exact) mass is 263 g/mol. The molecule has 1 unspecified atom stereocenters. The fraction of sp³-hybridized carbons (Fsp3) is 0.667. The van der Waals surface area contributed by atoms with Gasteiger partial charge in [-0.3, -0.25) is 4.79 Å². The van der Waals surface area contributed by atoms with Gasteiger partial charge in [-0.05, 0) is 56.1 Å². The molecular formula is C15H21NOS. The van der Waals surface area contributed by atoms with Gasteiger partial charge in [-0.1, -0.05) is 6.92 Å². The van der Waals surface area contributed by atoms with Gasteiger partial charge in [-0.2, -0.15) is 0 Å². The van der Waals surface area contributed by atoms with Gasteiger partial charge in [0, 0.05) is 18.0 Å². The van der Waals surface area contributed by atoms with Crippen LogP contribution in [0.25, 0.3) is 0 Å². The summed E-state index contributed by atoms with van der Waals surface area (Å²) < 4.78 is 0. The minimum atomic E-state index is 0.279. The highest BCUT2D eigenvalue weighted by molar-refractivity contribution is 7.14. The molecule has 0 radical (unpaired) electrons. The van der Waals surface area contributed by atoms with Crippen LogP contribution >= 0.6 is 11.3 Å². The van der Waals surface area contributed by atoms with Crippen molar-refractivity contribution in [3.8, 4) is 0 Å². The van der Waals surface area contributed by atoms with Crippen LogP contribution < -0.4 is 0 Å². The van der Waals surface area contributed by atoms with E-state index in [0.29, 0.717) is 5.92 Å². The molecule has 0 aromatic carbocycles. The van der Waals surface area contributed by atoms with Crippen molar-refractivity contribution >= 4 is 17.2 Å². The smallest absolute Gasteiger partial charge is 0.263 e. The highest BCUT2D eigenvalue weighted by Crippen LogP contribution is 2.31. The number of thiophene rings is 1. The molecule has 0 saturated carbocycles. The predicted octanol–water partition coefficient (Wildman–Crippen LogP) is 3.50. The van der Waals surface area contributed by atoms with Crippen molar-refractivity contribution in [3.63, 3.8) is 0 Å². The van der Waals surface area contributed by atoms with Gasteiger partial charge in [-0.15, -0.1) is 11.3 Å². The zero-order valence-electron chi connectivity index (χ0n) is 11.1. The summed E-state index contributed by atoms with van der Waals surface area (Å²) in [5.74, 6) is 0.943. The van der Waals surface area contributed by atoms with Crippen molar-refractivity contribution in [2.45, 2.75) is 45.4 Å². The van der Waals surface area contributed by atoms with Gasteiger partial charge in [0.25, 0.3) is 5.91 Å². The Labute approximate surface area is 113 Å². The van der Waals surface area contributed by atoms with Gasteiger partial charge >= 0.3 is 0 Å². The van der Waals surface area contributed by atoms with E-state index in [1.807, 2.05) is 0 Å². The number of hydrogen-bond acceptors (Lipinski definition) is 2. The van der Waals surface area contributed by atoms with E-state index in [9.17, 15) is 4.79 Å². The van der Waals surface area contributed by atoms with Crippen LogP contribution in [0.2, 0.25) is 0 Å². The largest absolute Gasteiger partial charge is 0.338 e. The molecule has 2 nitrogen and oxygen atoms in total. The first-order chi connectivity index (χ1) is 8.74. The van der Waals surface area contributed by atoms with E-state index in [-0.39, 0.29) is 5.91 Å². The third kappa shape index (κ3) is 2.33. The molecule has 1 aliphatic carbocycles. The van der Waals surface area contributed by atoms with Crippen molar-refractivity contribution in [1.29, 1.82) is 0 Å². The maximum Gasteiger partial charge on any atom is 0.263 e. The van der Waals surface area contributed by atoms with Crippen LogP contribution in [-0.4, -0.2) is 23.9 Å². The van der Waals surface area contributed by atoms with Crippen molar-refractivity contribution < 1.29 is 4.79 Å². The highest BCUT2D eigenvalue weighted by atomic mass is 32.1. The number of piperidine rings is 1. The Hall–Kier alpha value is -0.830. The van der Waals surface area contributed by atoms with Crippen molar-refractivity contribution in [2.75, 3.05) is 13.1 Å². The van der Waals surface area contributed by atoms with Gasteiger partial charge < -0.3 is 4.90 Å². The van der Waals surface area contributed by atoms with Crippen LogP contribution in [0.1, 0.15) is 52.7 Å². The molecule has 1 atom stereocenters. The van der Waals surface area contributed by atoms with E-state index in [1.54, 1.807) is 11.3 Å². The normalized spacial score (nSPS) is 23.8. The Bertz CT molecular complexity index is 428. The van der Waals surface area contributed by atoms with E-state index < -0.39 is 0 Å². The molecule has 0 spiro atoms. The van der Waals surface area contributed by atoms with E-state index in [1.165, 1.54) is 42.5 Å². The average molecular weight is 263 g/mol. The van der Waals surface area contributed by atoms with Crippen molar-refractivity contribution in [2.24, 2.45) is 5.92 Å². The van der Waals surface area contributed by atoms with Crippen LogP contribution in [0.5, 0.6) is 0 Å². The summed E-state index contributed by atoms with van der Waals surface area (Å²) in [6, 6.07) is 2.17. The molecule has 0 N–H and O–H groups in total. The summed E-state index contributed by atoms with van der Waals surface area (Å²) in [6.45, 7) is 4.14. The first kappa shape index (κ1) is 12.2. The Morgan fingerprint density at radius 1 is 1.33 bits per heavy atom. The summed E-state index contributed by atoms with van der Waals surface area (Å²) in [5.41, 5.74) is 1.44. The fourth-order valence-corrected chi connectivity index (χ4v) is 4.35. The maximum absolute atomic E-state index is 12.5. The number of hydrogen-bond donors (Lipinski definition) is 0. The minimum Gasteiger partial charge on any atom is -0.338 e. The Morgan fingerprint density at radius 2 is 2.17 bits per heavy atom. The molecule has 1 amide bonds. The molecule has 3 rings (SSSR count). The van der Waals surface area contributed by atoms with E-state index in [2.05, 4.69) is 17.9 Å².